The monoisotopic (exact) mass is 242 g/mol. The summed E-state index contributed by atoms with van der Waals surface area (Å²) < 4.78 is 50.5. The van der Waals surface area contributed by atoms with E-state index >= 15 is 0 Å². The maximum Gasteiger partial charge on any atom is 0.416 e. The molecule has 16 heavy (non-hydrogen) atoms. The molecule has 96 valence electrons. The lowest BCUT2D eigenvalue weighted by Gasteiger charge is -2.16. The van der Waals surface area contributed by atoms with Crippen LogP contribution in [-0.2, 0) is 0 Å². The lowest BCUT2D eigenvalue weighted by Crippen LogP contribution is -2.26. The number of hydrogen-bond acceptors (Lipinski definition) is 2. The van der Waals surface area contributed by atoms with Gasteiger partial charge >= 0.3 is 6.18 Å². The highest BCUT2D eigenvalue weighted by atomic mass is 19.4. The van der Waals surface area contributed by atoms with Crippen LogP contribution in [0.3, 0.4) is 0 Å². The zero-order valence-electron chi connectivity index (χ0n) is 9.49. The molecule has 1 atom stereocenters. The van der Waals surface area contributed by atoms with Gasteiger partial charge in [0.2, 0.25) is 0 Å². The van der Waals surface area contributed by atoms with E-state index in [0.717, 1.165) is 6.20 Å². The van der Waals surface area contributed by atoms with Gasteiger partial charge in [0.25, 0.3) is 0 Å². The van der Waals surface area contributed by atoms with Crippen LogP contribution in [0.4, 0.5) is 17.6 Å². The van der Waals surface area contributed by atoms with Gasteiger partial charge in [-0.05, 0) is 13.5 Å². The molecule has 0 aliphatic heterocycles. The average molecular weight is 242 g/mol. The quantitative estimate of drug-likeness (QED) is 0.529. The second kappa shape index (κ2) is 7.49. The zero-order chi connectivity index (χ0) is 12.6. The first-order chi connectivity index (χ1) is 7.43. The van der Waals surface area contributed by atoms with E-state index in [0.29, 0.717) is 19.5 Å². The van der Waals surface area contributed by atoms with E-state index in [1.807, 2.05) is 0 Å². The molecule has 0 saturated heterocycles. The Balaban J connectivity index is 4.42. The van der Waals surface area contributed by atoms with Crippen LogP contribution in [0.2, 0.25) is 0 Å². The molecule has 2 N–H and O–H groups in total. The fourth-order valence-corrected chi connectivity index (χ4v) is 1.14. The van der Waals surface area contributed by atoms with Gasteiger partial charge in [0.05, 0.1) is 5.57 Å². The summed E-state index contributed by atoms with van der Waals surface area (Å²) in [6.45, 7) is 2.50. The highest BCUT2D eigenvalue weighted by molar-refractivity contribution is 5.13. The van der Waals surface area contributed by atoms with Crippen molar-refractivity contribution in [3.63, 3.8) is 0 Å². The van der Waals surface area contributed by atoms with Crippen LogP contribution in [0.25, 0.3) is 0 Å². The van der Waals surface area contributed by atoms with Crippen LogP contribution in [0.5, 0.6) is 0 Å². The number of nitrogens with one attached hydrogen (secondary N) is 2. The highest BCUT2D eigenvalue weighted by Crippen LogP contribution is 2.30. The molecule has 6 heteroatoms. The molecule has 2 nitrogen and oxygen atoms in total. The molecule has 0 aliphatic rings. The molecule has 0 rings (SSSR count). The SMILES string of the molecule is CCCC(F)C(=CNCCNC)C(F)(F)F. The summed E-state index contributed by atoms with van der Waals surface area (Å²) in [6, 6.07) is 0. The van der Waals surface area contributed by atoms with Crippen molar-refractivity contribution in [3.05, 3.63) is 11.8 Å². The standard InChI is InChI=1S/C10H18F4N2/c1-3-4-9(11)8(10(12,13)14)7-16-6-5-15-2/h7,9,15-16H,3-6H2,1-2H3. The molecule has 0 aromatic heterocycles. The predicted octanol–water partition coefficient (Wildman–Crippen LogP) is 2.38. The maximum absolute atomic E-state index is 13.2. The van der Waals surface area contributed by atoms with E-state index in [1.165, 1.54) is 0 Å². The van der Waals surface area contributed by atoms with Crippen molar-refractivity contribution in [3.8, 4) is 0 Å². The first kappa shape index (κ1) is 15.2. The molecule has 0 bridgehead atoms. The largest absolute Gasteiger partial charge is 0.416 e. The second-order valence-corrected chi connectivity index (χ2v) is 3.41. The average Bonchev–Trinajstić information content (AvgIpc) is 2.16. The van der Waals surface area contributed by atoms with Gasteiger partial charge in [0, 0.05) is 19.3 Å². The molecule has 0 amide bonds. The fraction of sp³-hybridized carbons (Fsp3) is 0.800. The van der Waals surface area contributed by atoms with E-state index in [2.05, 4.69) is 10.6 Å². The number of halogens is 4. The number of likely N-dealkylation sites (N-methyl/N-ethyl adjacent to an activating group) is 1. The molecular weight excluding hydrogens is 224 g/mol. The first-order valence-electron chi connectivity index (χ1n) is 5.22. The summed E-state index contributed by atoms with van der Waals surface area (Å²) in [5.74, 6) is 0. The Bertz CT molecular complexity index is 213. The summed E-state index contributed by atoms with van der Waals surface area (Å²) in [4.78, 5) is 0. The minimum absolute atomic E-state index is 0.112. The Labute approximate surface area is 93.1 Å². The van der Waals surface area contributed by atoms with Gasteiger partial charge in [-0.15, -0.1) is 0 Å². The van der Waals surface area contributed by atoms with Crippen molar-refractivity contribution in [2.24, 2.45) is 0 Å². The van der Waals surface area contributed by atoms with Crippen LogP contribution in [0.1, 0.15) is 19.8 Å². The lowest BCUT2D eigenvalue weighted by atomic mass is 10.1. The number of alkyl halides is 4. The predicted molar refractivity (Wildman–Crippen MR) is 55.9 cm³/mol. The van der Waals surface area contributed by atoms with Crippen molar-refractivity contribution in [1.29, 1.82) is 0 Å². The van der Waals surface area contributed by atoms with E-state index in [4.69, 9.17) is 0 Å². The normalized spacial score (nSPS) is 15.0. The number of hydrogen-bond donors (Lipinski definition) is 2. The highest BCUT2D eigenvalue weighted by Gasteiger charge is 2.38. The Morgan fingerprint density at radius 2 is 1.94 bits per heavy atom. The van der Waals surface area contributed by atoms with E-state index < -0.39 is 17.9 Å². The molecule has 0 aromatic carbocycles. The lowest BCUT2D eigenvalue weighted by molar-refractivity contribution is -0.101. The van der Waals surface area contributed by atoms with Crippen molar-refractivity contribution in [1.82, 2.24) is 10.6 Å². The fourth-order valence-electron chi connectivity index (χ4n) is 1.14. The van der Waals surface area contributed by atoms with Crippen molar-refractivity contribution >= 4 is 0 Å². The van der Waals surface area contributed by atoms with E-state index in [1.54, 1.807) is 14.0 Å². The van der Waals surface area contributed by atoms with Crippen LogP contribution in [0.15, 0.2) is 11.8 Å². The summed E-state index contributed by atoms with van der Waals surface area (Å²) >= 11 is 0. The first-order valence-corrected chi connectivity index (χ1v) is 5.22. The maximum atomic E-state index is 13.2. The topological polar surface area (TPSA) is 24.1 Å². The van der Waals surface area contributed by atoms with Crippen molar-refractivity contribution in [2.45, 2.75) is 32.1 Å². The zero-order valence-corrected chi connectivity index (χ0v) is 9.49. The van der Waals surface area contributed by atoms with Crippen molar-refractivity contribution in [2.75, 3.05) is 20.1 Å². The molecule has 0 aliphatic carbocycles. The molecule has 1 unspecified atom stereocenters. The van der Waals surface area contributed by atoms with Gasteiger partial charge in [0.1, 0.15) is 6.17 Å². The minimum Gasteiger partial charge on any atom is -0.389 e. The Morgan fingerprint density at radius 1 is 1.31 bits per heavy atom. The van der Waals surface area contributed by atoms with E-state index in [9.17, 15) is 17.6 Å². The molecule has 0 aromatic rings. The molecule has 0 radical (unpaired) electrons. The van der Waals surface area contributed by atoms with Gasteiger partial charge in [-0.3, -0.25) is 0 Å². The Hall–Kier alpha value is -0.780. The summed E-state index contributed by atoms with van der Waals surface area (Å²) in [6.07, 6.45) is -5.56. The smallest absolute Gasteiger partial charge is 0.389 e. The van der Waals surface area contributed by atoms with Crippen molar-refractivity contribution < 1.29 is 17.6 Å². The number of allylic oxidation sites excluding steroid dienone is 1. The molecule has 0 saturated carbocycles. The third-order valence-corrected chi connectivity index (χ3v) is 1.98. The van der Waals surface area contributed by atoms with Gasteiger partial charge in [-0.1, -0.05) is 13.3 Å². The minimum atomic E-state index is -4.61. The molecule has 0 fully saturated rings. The molecular formula is C10H18F4N2. The summed E-state index contributed by atoms with van der Waals surface area (Å²) in [5, 5.41) is 5.22. The van der Waals surface area contributed by atoms with Crippen LogP contribution >= 0.6 is 0 Å². The Kier molecular flexibility index (Phi) is 7.12. The summed E-state index contributed by atoms with van der Waals surface area (Å²) in [5.41, 5.74) is -1.13. The van der Waals surface area contributed by atoms with Gasteiger partial charge in [0.15, 0.2) is 0 Å². The van der Waals surface area contributed by atoms with E-state index in [-0.39, 0.29) is 6.42 Å². The molecule has 0 spiro atoms. The van der Waals surface area contributed by atoms with Crippen LogP contribution < -0.4 is 10.6 Å². The van der Waals surface area contributed by atoms with Gasteiger partial charge < -0.3 is 10.6 Å². The Morgan fingerprint density at radius 3 is 2.38 bits per heavy atom. The van der Waals surface area contributed by atoms with Crippen LogP contribution in [0, 0.1) is 0 Å². The number of rotatable bonds is 7. The van der Waals surface area contributed by atoms with Crippen LogP contribution in [-0.4, -0.2) is 32.5 Å². The second-order valence-electron chi connectivity index (χ2n) is 3.41. The van der Waals surface area contributed by atoms with Gasteiger partial charge in [-0.25, -0.2) is 4.39 Å². The molecule has 0 heterocycles. The third kappa shape index (κ3) is 5.95. The van der Waals surface area contributed by atoms with Gasteiger partial charge in [-0.2, -0.15) is 13.2 Å². The summed E-state index contributed by atoms with van der Waals surface area (Å²) in [7, 11) is 1.69. The third-order valence-electron chi connectivity index (χ3n) is 1.98.